The van der Waals surface area contributed by atoms with Gasteiger partial charge >= 0.3 is 0 Å². The zero-order valence-electron chi connectivity index (χ0n) is 6.90. The molecule has 0 amide bonds. The van der Waals surface area contributed by atoms with E-state index in [0.717, 1.165) is 12.1 Å². The third-order valence-electron chi connectivity index (χ3n) is 2.26. The quantitative estimate of drug-likeness (QED) is 0.592. The molecule has 12 heavy (non-hydrogen) atoms. The first-order chi connectivity index (χ1) is 5.83. The van der Waals surface area contributed by atoms with Crippen LogP contribution in [-0.4, -0.2) is 6.04 Å². The lowest BCUT2D eigenvalue weighted by molar-refractivity contribution is 0.694. The molecule has 0 fully saturated rings. The molecule has 0 N–H and O–H groups in total. The first kappa shape index (κ1) is 7.28. The first-order valence-corrected chi connectivity index (χ1v) is 4.03. The van der Waals surface area contributed by atoms with E-state index in [1.807, 2.05) is 31.2 Å². The number of anilines is 1. The highest BCUT2D eigenvalue weighted by atomic mass is 16.3. The minimum atomic E-state index is 0.208. The summed E-state index contributed by atoms with van der Waals surface area (Å²) in [6.45, 7) is 2.00. The molecule has 1 heterocycles. The molecule has 2 rings (SSSR count). The van der Waals surface area contributed by atoms with Gasteiger partial charge in [0, 0.05) is 0 Å². The summed E-state index contributed by atoms with van der Waals surface area (Å²) >= 11 is 0. The second-order valence-electron chi connectivity index (χ2n) is 3.11. The van der Waals surface area contributed by atoms with Gasteiger partial charge in [0.25, 0.3) is 0 Å². The highest BCUT2D eigenvalue weighted by Gasteiger charge is 2.25. The molecule has 0 aromatic heterocycles. The van der Waals surface area contributed by atoms with Crippen LogP contribution >= 0.6 is 0 Å². The summed E-state index contributed by atoms with van der Waals surface area (Å²) < 4.78 is 0. The lowest BCUT2D eigenvalue weighted by Crippen LogP contribution is -2.22. The minimum Gasteiger partial charge on any atom is -0.226 e. The van der Waals surface area contributed by atoms with Gasteiger partial charge in [-0.2, -0.15) is 0 Å². The lowest BCUT2D eigenvalue weighted by atomic mass is 10.1. The van der Waals surface area contributed by atoms with E-state index in [-0.39, 0.29) is 6.04 Å². The van der Waals surface area contributed by atoms with Crippen molar-refractivity contribution in [2.75, 3.05) is 5.01 Å². The summed E-state index contributed by atoms with van der Waals surface area (Å²) in [5.74, 6) is 0. The maximum absolute atomic E-state index is 10.5. The normalized spacial score (nSPS) is 20.8. The fourth-order valence-corrected chi connectivity index (χ4v) is 1.67. The van der Waals surface area contributed by atoms with E-state index in [4.69, 9.17) is 0 Å². The Morgan fingerprint density at radius 2 is 2.25 bits per heavy atom. The highest BCUT2D eigenvalue weighted by Crippen LogP contribution is 2.31. The molecule has 0 saturated heterocycles. The van der Waals surface area contributed by atoms with Gasteiger partial charge in [-0.15, -0.1) is 4.91 Å². The fraction of sp³-hybridized carbons (Fsp3) is 0.333. The summed E-state index contributed by atoms with van der Waals surface area (Å²) in [5, 5.41) is 4.53. The fourth-order valence-electron chi connectivity index (χ4n) is 1.67. The maximum atomic E-state index is 10.5. The van der Waals surface area contributed by atoms with E-state index >= 15 is 0 Å². The first-order valence-electron chi connectivity index (χ1n) is 4.03. The summed E-state index contributed by atoms with van der Waals surface area (Å²) in [4.78, 5) is 10.5. The molecule has 0 unspecified atom stereocenters. The van der Waals surface area contributed by atoms with Crippen LogP contribution in [0, 0.1) is 4.91 Å². The van der Waals surface area contributed by atoms with Crippen molar-refractivity contribution in [1.29, 1.82) is 0 Å². The third-order valence-corrected chi connectivity index (χ3v) is 2.26. The third kappa shape index (κ3) is 0.897. The average Bonchev–Trinajstić information content (AvgIpc) is 2.40. The van der Waals surface area contributed by atoms with Crippen LogP contribution in [0.2, 0.25) is 0 Å². The summed E-state index contributed by atoms with van der Waals surface area (Å²) in [6.07, 6.45) is 0.919. The summed E-state index contributed by atoms with van der Waals surface area (Å²) in [5.41, 5.74) is 2.17. The van der Waals surface area contributed by atoms with Crippen LogP contribution in [-0.2, 0) is 6.42 Å². The van der Waals surface area contributed by atoms with Crippen LogP contribution in [0.3, 0.4) is 0 Å². The zero-order valence-corrected chi connectivity index (χ0v) is 6.90. The van der Waals surface area contributed by atoms with Gasteiger partial charge in [-0.1, -0.05) is 18.2 Å². The molecule has 0 saturated carbocycles. The van der Waals surface area contributed by atoms with Crippen LogP contribution < -0.4 is 5.01 Å². The van der Waals surface area contributed by atoms with Crippen LogP contribution in [0.1, 0.15) is 12.5 Å². The Balaban J connectivity index is 2.47. The molecule has 1 aromatic rings. The predicted molar refractivity (Wildman–Crippen MR) is 47.9 cm³/mol. The van der Waals surface area contributed by atoms with Gasteiger partial charge in [0.05, 0.1) is 17.0 Å². The lowest BCUT2D eigenvalue weighted by Gasteiger charge is -2.12. The zero-order chi connectivity index (χ0) is 8.55. The molecule has 0 radical (unpaired) electrons. The number of rotatable bonds is 1. The van der Waals surface area contributed by atoms with E-state index in [9.17, 15) is 4.91 Å². The van der Waals surface area contributed by atoms with Crippen LogP contribution in [0.5, 0.6) is 0 Å². The molecule has 0 bridgehead atoms. The Labute approximate surface area is 70.9 Å². The molecule has 1 aliphatic heterocycles. The van der Waals surface area contributed by atoms with Crippen LogP contribution in [0.25, 0.3) is 0 Å². The summed E-state index contributed by atoms with van der Waals surface area (Å²) in [7, 11) is 0. The summed E-state index contributed by atoms with van der Waals surface area (Å²) in [6, 6.07) is 8.09. The van der Waals surface area contributed by atoms with Gasteiger partial charge in [0.1, 0.15) is 0 Å². The Bertz CT molecular complexity index is 311. The number of benzene rings is 1. The smallest absolute Gasteiger partial charge is 0.0662 e. The number of fused-ring (bicyclic) bond motifs is 1. The molecular formula is C9H10N2O. The van der Waals surface area contributed by atoms with E-state index in [0.29, 0.717) is 0 Å². The van der Waals surface area contributed by atoms with E-state index < -0.39 is 0 Å². The van der Waals surface area contributed by atoms with E-state index in [1.165, 1.54) is 10.6 Å². The van der Waals surface area contributed by atoms with Gasteiger partial charge in [-0.05, 0) is 25.0 Å². The monoisotopic (exact) mass is 162 g/mol. The average molecular weight is 162 g/mol. The molecule has 1 atom stereocenters. The van der Waals surface area contributed by atoms with Gasteiger partial charge in [-0.3, -0.25) is 0 Å². The van der Waals surface area contributed by atoms with Crippen LogP contribution in [0.15, 0.2) is 29.6 Å². The van der Waals surface area contributed by atoms with Crippen molar-refractivity contribution in [2.45, 2.75) is 19.4 Å². The Kier molecular flexibility index (Phi) is 1.57. The SMILES string of the molecule is C[C@@H]1Cc2ccccc2N1N=O. The molecular weight excluding hydrogens is 152 g/mol. The van der Waals surface area contributed by atoms with Gasteiger partial charge < -0.3 is 0 Å². The van der Waals surface area contributed by atoms with Crippen molar-refractivity contribution in [3.05, 3.63) is 34.7 Å². The minimum absolute atomic E-state index is 0.208. The number of nitroso groups, excluding NO2 is 1. The molecule has 62 valence electrons. The Morgan fingerprint density at radius 1 is 1.50 bits per heavy atom. The second kappa shape index (κ2) is 2.59. The van der Waals surface area contributed by atoms with Gasteiger partial charge in [0.15, 0.2) is 0 Å². The molecule has 1 aromatic carbocycles. The van der Waals surface area contributed by atoms with Crippen molar-refractivity contribution in [3.8, 4) is 0 Å². The topological polar surface area (TPSA) is 32.7 Å². The second-order valence-corrected chi connectivity index (χ2v) is 3.11. The van der Waals surface area contributed by atoms with Gasteiger partial charge in [-0.25, -0.2) is 5.01 Å². The number of hydrogen-bond donors (Lipinski definition) is 0. The number of nitrogens with zero attached hydrogens (tertiary/aromatic N) is 2. The molecule has 1 aliphatic rings. The van der Waals surface area contributed by atoms with E-state index in [1.54, 1.807) is 0 Å². The Morgan fingerprint density at radius 3 is 3.00 bits per heavy atom. The molecule has 3 heteroatoms. The van der Waals surface area contributed by atoms with Gasteiger partial charge in [0.2, 0.25) is 0 Å². The van der Waals surface area contributed by atoms with Crippen molar-refractivity contribution in [2.24, 2.45) is 5.29 Å². The molecule has 0 aliphatic carbocycles. The van der Waals surface area contributed by atoms with E-state index in [2.05, 4.69) is 5.29 Å². The standard InChI is InChI=1S/C9H10N2O/c1-7-6-8-4-2-3-5-9(8)11(7)10-12/h2-5,7H,6H2,1H3/t7-/m1/s1. The number of para-hydroxylation sites is 1. The predicted octanol–water partition coefficient (Wildman–Crippen LogP) is 2.12. The van der Waals surface area contributed by atoms with Crippen molar-refractivity contribution < 1.29 is 0 Å². The Hall–Kier alpha value is -1.38. The van der Waals surface area contributed by atoms with Crippen molar-refractivity contribution >= 4 is 5.69 Å². The van der Waals surface area contributed by atoms with Crippen LogP contribution in [0.4, 0.5) is 5.69 Å². The van der Waals surface area contributed by atoms with Crippen molar-refractivity contribution in [3.63, 3.8) is 0 Å². The number of hydrogen-bond acceptors (Lipinski definition) is 2. The maximum Gasteiger partial charge on any atom is 0.0662 e. The molecule has 0 spiro atoms. The largest absolute Gasteiger partial charge is 0.226 e. The highest BCUT2D eigenvalue weighted by molar-refractivity contribution is 5.58. The van der Waals surface area contributed by atoms with Crippen molar-refractivity contribution in [1.82, 2.24) is 0 Å². The molecule has 3 nitrogen and oxygen atoms in total.